The third-order valence-corrected chi connectivity index (χ3v) is 3.55. The first kappa shape index (κ1) is 16.3. The van der Waals surface area contributed by atoms with E-state index in [4.69, 9.17) is 0 Å². The van der Waals surface area contributed by atoms with Crippen LogP contribution in [0.25, 0.3) is 11.1 Å². The van der Waals surface area contributed by atoms with Gasteiger partial charge in [-0.25, -0.2) is 0 Å². The zero-order chi connectivity index (χ0) is 16.0. The zero-order valence-electron chi connectivity index (χ0n) is 12.5. The van der Waals surface area contributed by atoms with Crippen molar-refractivity contribution in [3.05, 3.63) is 71.8 Å². The van der Waals surface area contributed by atoms with Crippen LogP contribution in [0.15, 0.2) is 60.7 Å². The minimum absolute atomic E-state index is 0.227. The molecule has 0 aromatic heterocycles. The Hall–Kier alpha value is -2.03. The number of allylic oxidation sites excluding steroid dienone is 2. The maximum absolute atomic E-state index is 13.7. The van der Waals surface area contributed by atoms with Gasteiger partial charge in [0.2, 0.25) is 0 Å². The van der Waals surface area contributed by atoms with Gasteiger partial charge in [-0.05, 0) is 29.5 Å². The second-order valence-corrected chi connectivity index (χ2v) is 5.19. The molecule has 0 amide bonds. The van der Waals surface area contributed by atoms with Crippen molar-refractivity contribution in [2.45, 2.75) is 32.4 Å². The molecule has 2 aromatic rings. The number of unbranched alkanes of at least 4 members (excludes halogenated alkanes) is 1. The molecule has 0 aliphatic heterocycles. The third kappa shape index (κ3) is 4.00. The largest absolute Gasteiger partial charge is 0.417 e. The molecule has 0 nitrogen and oxygen atoms in total. The second kappa shape index (κ2) is 7.30. The number of alkyl halides is 3. The fourth-order valence-electron chi connectivity index (χ4n) is 2.52. The Balaban J connectivity index is 2.65. The average molecular weight is 304 g/mol. The van der Waals surface area contributed by atoms with Crippen molar-refractivity contribution < 1.29 is 13.2 Å². The molecule has 2 rings (SSSR count). The molecule has 0 heterocycles. The third-order valence-electron chi connectivity index (χ3n) is 3.55. The van der Waals surface area contributed by atoms with Gasteiger partial charge in [0.15, 0.2) is 0 Å². The molecule has 0 saturated carbocycles. The molecule has 0 aliphatic rings. The van der Waals surface area contributed by atoms with Crippen LogP contribution in [0, 0.1) is 0 Å². The highest BCUT2D eigenvalue weighted by Crippen LogP contribution is 2.41. The maximum atomic E-state index is 13.7. The lowest BCUT2D eigenvalue weighted by Crippen LogP contribution is -2.13. The summed E-state index contributed by atoms with van der Waals surface area (Å²) in [4.78, 5) is 0. The number of benzene rings is 2. The number of hydrogen-bond acceptors (Lipinski definition) is 0. The van der Waals surface area contributed by atoms with E-state index in [0.717, 1.165) is 12.8 Å². The Morgan fingerprint density at radius 1 is 0.818 bits per heavy atom. The number of hydrogen-bond donors (Lipinski definition) is 0. The molecule has 0 radical (unpaired) electrons. The summed E-state index contributed by atoms with van der Waals surface area (Å²) in [6.07, 6.45) is -2.36. The first-order valence-electron chi connectivity index (χ1n) is 7.45. The minimum Gasteiger partial charge on any atom is -0.166 e. The lowest BCUT2D eigenvalue weighted by molar-refractivity contribution is -0.0686. The highest BCUT2D eigenvalue weighted by molar-refractivity contribution is 5.93. The first-order chi connectivity index (χ1) is 10.5. The average Bonchev–Trinajstić information content (AvgIpc) is 2.52. The molecular formula is C19H19F3. The Morgan fingerprint density at radius 3 is 1.77 bits per heavy atom. The van der Waals surface area contributed by atoms with Crippen molar-refractivity contribution in [1.29, 1.82) is 0 Å². The quantitative estimate of drug-likeness (QED) is 0.565. The highest BCUT2D eigenvalue weighted by atomic mass is 19.4. The van der Waals surface area contributed by atoms with E-state index in [-0.39, 0.29) is 5.56 Å². The van der Waals surface area contributed by atoms with Crippen LogP contribution in [0.2, 0.25) is 0 Å². The molecule has 116 valence electrons. The summed E-state index contributed by atoms with van der Waals surface area (Å²) in [6.45, 7) is 1.98. The molecular weight excluding hydrogens is 285 g/mol. The van der Waals surface area contributed by atoms with Crippen LogP contribution in [0.5, 0.6) is 0 Å². The van der Waals surface area contributed by atoms with Gasteiger partial charge < -0.3 is 0 Å². The molecule has 0 unspecified atom stereocenters. The molecule has 0 N–H and O–H groups in total. The van der Waals surface area contributed by atoms with E-state index in [1.807, 2.05) is 13.0 Å². The van der Waals surface area contributed by atoms with Crippen LogP contribution in [-0.2, 0) is 0 Å². The SMILES string of the molecule is CCCC/C(=C(/c1ccccc1)C(F)(F)F)c1ccccc1. The van der Waals surface area contributed by atoms with Gasteiger partial charge in [-0.2, -0.15) is 13.2 Å². The molecule has 22 heavy (non-hydrogen) atoms. The van der Waals surface area contributed by atoms with Crippen molar-refractivity contribution in [1.82, 2.24) is 0 Å². The Labute approximate surface area is 129 Å². The smallest absolute Gasteiger partial charge is 0.166 e. The maximum Gasteiger partial charge on any atom is 0.417 e. The fourth-order valence-corrected chi connectivity index (χ4v) is 2.52. The summed E-state index contributed by atoms with van der Waals surface area (Å²) in [7, 11) is 0. The van der Waals surface area contributed by atoms with Gasteiger partial charge in [0, 0.05) is 0 Å². The van der Waals surface area contributed by atoms with E-state index < -0.39 is 11.7 Å². The molecule has 0 saturated heterocycles. The summed E-state index contributed by atoms with van der Waals surface area (Å²) in [5, 5.41) is 0. The summed E-state index contributed by atoms with van der Waals surface area (Å²) in [5.74, 6) is 0. The molecule has 0 bridgehead atoms. The number of rotatable bonds is 5. The Bertz CT molecular complexity index is 610. The lowest BCUT2D eigenvalue weighted by Gasteiger charge is -2.19. The van der Waals surface area contributed by atoms with E-state index in [2.05, 4.69) is 0 Å². The van der Waals surface area contributed by atoms with Crippen molar-refractivity contribution in [3.8, 4) is 0 Å². The first-order valence-corrected chi connectivity index (χ1v) is 7.45. The molecule has 2 aromatic carbocycles. The van der Waals surface area contributed by atoms with Crippen LogP contribution < -0.4 is 0 Å². The van der Waals surface area contributed by atoms with Gasteiger partial charge in [-0.15, -0.1) is 0 Å². The van der Waals surface area contributed by atoms with Gasteiger partial charge >= 0.3 is 6.18 Å². The second-order valence-electron chi connectivity index (χ2n) is 5.19. The predicted molar refractivity (Wildman–Crippen MR) is 85.3 cm³/mol. The van der Waals surface area contributed by atoms with E-state index in [9.17, 15) is 13.2 Å². The van der Waals surface area contributed by atoms with E-state index in [1.54, 1.807) is 42.5 Å². The lowest BCUT2D eigenvalue weighted by atomic mass is 9.91. The fraction of sp³-hybridized carbons (Fsp3) is 0.263. The molecule has 0 aliphatic carbocycles. The van der Waals surface area contributed by atoms with Gasteiger partial charge in [0.1, 0.15) is 0 Å². The summed E-state index contributed by atoms with van der Waals surface area (Å²) in [5.41, 5.74) is 0.728. The molecule has 0 fully saturated rings. The minimum atomic E-state index is -4.37. The van der Waals surface area contributed by atoms with Gasteiger partial charge in [-0.1, -0.05) is 74.0 Å². The normalized spacial score (nSPS) is 12.9. The van der Waals surface area contributed by atoms with Crippen LogP contribution in [0.3, 0.4) is 0 Å². The van der Waals surface area contributed by atoms with Crippen molar-refractivity contribution >= 4 is 11.1 Å². The van der Waals surface area contributed by atoms with Crippen LogP contribution >= 0.6 is 0 Å². The van der Waals surface area contributed by atoms with Crippen molar-refractivity contribution in [3.63, 3.8) is 0 Å². The Kier molecular flexibility index (Phi) is 5.42. The van der Waals surface area contributed by atoms with Crippen molar-refractivity contribution in [2.24, 2.45) is 0 Å². The van der Waals surface area contributed by atoms with E-state index >= 15 is 0 Å². The zero-order valence-corrected chi connectivity index (χ0v) is 12.5. The van der Waals surface area contributed by atoms with E-state index in [1.165, 1.54) is 12.1 Å². The topological polar surface area (TPSA) is 0 Å². The van der Waals surface area contributed by atoms with Gasteiger partial charge in [0.05, 0.1) is 5.57 Å². The number of halogens is 3. The molecule has 0 spiro atoms. The van der Waals surface area contributed by atoms with Crippen LogP contribution in [0.4, 0.5) is 13.2 Å². The molecule has 0 atom stereocenters. The summed E-state index contributed by atoms with van der Waals surface area (Å²) in [6, 6.07) is 16.9. The predicted octanol–water partition coefficient (Wildman–Crippen LogP) is 6.35. The van der Waals surface area contributed by atoms with Gasteiger partial charge in [0.25, 0.3) is 0 Å². The Morgan fingerprint density at radius 2 is 1.32 bits per heavy atom. The van der Waals surface area contributed by atoms with Crippen LogP contribution in [0.1, 0.15) is 37.3 Å². The standard InChI is InChI=1S/C19H19F3/c1-2-3-14-17(15-10-6-4-7-11-15)18(19(20,21)22)16-12-8-5-9-13-16/h4-13H,2-3,14H2,1H3/b18-17+. The molecule has 3 heteroatoms. The van der Waals surface area contributed by atoms with Crippen molar-refractivity contribution in [2.75, 3.05) is 0 Å². The van der Waals surface area contributed by atoms with Crippen LogP contribution in [-0.4, -0.2) is 6.18 Å². The summed E-state index contributed by atoms with van der Waals surface area (Å²) < 4.78 is 41.1. The highest BCUT2D eigenvalue weighted by Gasteiger charge is 2.37. The van der Waals surface area contributed by atoms with Gasteiger partial charge in [-0.3, -0.25) is 0 Å². The monoisotopic (exact) mass is 304 g/mol. The summed E-state index contributed by atoms with van der Waals surface area (Å²) >= 11 is 0. The van der Waals surface area contributed by atoms with E-state index in [0.29, 0.717) is 17.6 Å².